The molecule has 2 amide bonds. The van der Waals surface area contributed by atoms with Gasteiger partial charge in [0.2, 0.25) is 0 Å². The number of carbonyl (C=O) groups is 2. The Morgan fingerprint density at radius 2 is 1.62 bits per heavy atom. The van der Waals surface area contributed by atoms with E-state index in [4.69, 9.17) is 23.2 Å². The summed E-state index contributed by atoms with van der Waals surface area (Å²) in [6.07, 6.45) is 0. The molecule has 2 aromatic rings. The number of hydrogen-bond donors (Lipinski definition) is 0. The summed E-state index contributed by atoms with van der Waals surface area (Å²) in [5.41, 5.74) is 0.325. The number of anilines is 1. The molecular weight excluding hydrogens is 355 g/mol. The van der Waals surface area contributed by atoms with Gasteiger partial charge in [0.1, 0.15) is 5.03 Å². The van der Waals surface area contributed by atoms with Crippen LogP contribution in [0.1, 0.15) is 5.56 Å². The first-order valence-electron chi connectivity index (χ1n) is 6.69. The molecule has 24 heavy (non-hydrogen) atoms. The van der Waals surface area contributed by atoms with Crippen LogP contribution in [-0.2, 0) is 9.59 Å². The van der Waals surface area contributed by atoms with Crippen LogP contribution in [0.5, 0.6) is 0 Å². The Bertz CT molecular complexity index is 907. The van der Waals surface area contributed by atoms with Gasteiger partial charge in [-0.1, -0.05) is 41.4 Å². The highest BCUT2D eigenvalue weighted by Crippen LogP contribution is 2.36. The number of nitro groups is 1. The summed E-state index contributed by atoms with van der Waals surface area (Å²) in [7, 11) is 0. The van der Waals surface area contributed by atoms with Crippen molar-refractivity contribution in [3.63, 3.8) is 0 Å². The first kappa shape index (κ1) is 16.2. The maximum absolute atomic E-state index is 12.7. The molecule has 0 spiro atoms. The van der Waals surface area contributed by atoms with Gasteiger partial charge in [0.05, 0.1) is 16.2 Å². The van der Waals surface area contributed by atoms with Gasteiger partial charge in [-0.2, -0.15) is 0 Å². The number of amides is 2. The van der Waals surface area contributed by atoms with Crippen molar-refractivity contribution in [2.24, 2.45) is 0 Å². The zero-order valence-electron chi connectivity index (χ0n) is 11.9. The lowest BCUT2D eigenvalue weighted by molar-refractivity contribution is -0.384. The first-order valence-corrected chi connectivity index (χ1v) is 7.44. The molecule has 0 saturated carbocycles. The number of nitro benzene ring substituents is 1. The van der Waals surface area contributed by atoms with Crippen molar-refractivity contribution in [2.45, 2.75) is 0 Å². The van der Waals surface area contributed by atoms with Gasteiger partial charge in [-0.3, -0.25) is 19.7 Å². The highest BCUT2D eigenvalue weighted by atomic mass is 35.5. The van der Waals surface area contributed by atoms with Crippen LogP contribution in [0.25, 0.3) is 5.57 Å². The number of benzene rings is 2. The van der Waals surface area contributed by atoms with Crippen LogP contribution in [0.3, 0.4) is 0 Å². The lowest BCUT2D eigenvalue weighted by atomic mass is 10.1. The molecule has 0 unspecified atom stereocenters. The van der Waals surface area contributed by atoms with Gasteiger partial charge in [-0.15, -0.1) is 0 Å². The topological polar surface area (TPSA) is 80.5 Å². The molecule has 1 heterocycles. The van der Waals surface area contributed by atoms with E-state index in [2.05, 4.69) is 0 Å². The normalized spacial score (nSPS) is 14.5. The van der Waals surface area contributed by atoms with Crippen LogP contribution in [0.2, 0.25) is 5.02 Å². The second kappa shape index (κ2) is 6.07. The third-order valence-electron chi connectivity index (χ3n) is 3.46. The number of carbonyl (C=O) groups excluding carboxylic acids is 2. The van der Waals surface area contributed by atoms with E-state index in [0.29, 0.717) is 10.6 Å². The zero-order valence-corrected chi connectivity index (χ0v) is 13.4. The lowest BCUT2D eigenvalue weighted by Crippen LogP contribution is -2.31. The van der Waals surface area contributed by atoms with Gasteiger partial charge in [0.15, 0.2) is 0 Å². The van der Waals surface area contributed by atoms with E-state index < -0.39 is 16.7 Å². The molecular formula is C16H8Cl2N2O4. The molecule has 0 fully saturated rings. The number of halogens is 2. The average molecular weight is 363 g/mol. The maximum atomic E-state index is 12.7. The minimum atomic E-state index is -0.730. The summed E-state index contributed by atoms with van der Waals surface area (Å²) < 4.78 is 0. The molecule has 120 valence electrons. The molecule has 0 N–H and O–H groups in total. The van der Waals surface area contributed by atoms with E-state index in [1.54, 1.807) is 24.3 Å². The Labute approximate surface area is 146 Å². The van der Waals surface area contributed by atoms with E-state index in [1.807, 2.05) is 0 Å². The molecule has 0 bridgehead atoms. The van der Waals surface area contributed by atoms with Crippen LogP contribution in [0.15, 0.2) is 53.6 Å². The van der Waals surface area contributed by atoms with Crippen LogP contribution in [-0.4, -0.2) is 16.7 Å². The number of nitrogens with zero attached hydrogens (tertiary/aromatic N) is 2. The monoisotopic (exact) mass is 362 g/mol. The van der Waals surface area contributed by atoms with Gasteiger partial charge in [-0.25, -0.2) is 4.90 Å². The molecule has 1 aliphatic rings. The summed E-state index contributed by atoms with van der Waals surface area (Å²) in [6, 6.07) is 11.5. The van der Waals surface area contributed by atoms with E-state index in [1.165, 1.54) is 18.2 Å². The molecule has 2 aromatic carbocycles. The molecule has 3 rings (SSSR count). The van der Waals surface area contributed by atoms with Crippen molar-refractivity contribution < 1.29 is 14.5 Å². The standard InChI is InChI=1S/C16H8Cl2N2O4/c17-10-6-4-9(5-7-10)13-14(18)16(22)19(15(13)21)11-2-1-3-12(8-11)20(23)24/h1-8H. The zero-order chi connectivity index (χ0) is 17.4. The molecule has 0 aliphatic carbocycles. The molecule has 1 aliphatic heterocycles. The SMILES string of the molecule is O=C1C(Cl)=C(c2ccc(Cl)cc2)C(=O)N1c1cccc([N+](=O)[O-])c1. The Balaban J connectivity index is 2.04. The second-order valence-electron chi connectivity index (χ2n) is 4.92. The fourth-order valence-electron chi connectivity index (χ4n) is 2.35. The Morgan fingerprint density at radius 1 is 0.958 bits per heavy atom. The third-order valence-corrected chi connectivity index (χ3v) is 4.06. The van der Waals surface area contributed by atoms with Gasteiger partial charge in [-0.05, 0) is 23.8 Å². The minimum absolute atomic E-state index is 0.0323. The van der Waals surface area contributed by atoms with E-state index in [-0.39, 0.29) is 22.0 Å². The third kappa shape index (κ3) is 2.66. The van der Waals surface area contributed by atoms with Crippen molar-refractivity contribution in [3.05, 3.63) is 74.3 Å². The van der Waals surface area contributed by atoms with E-state index in [0.717, 1.165) is 11.0 Å². The lowest BCUT2D eigenvalue weighted by Gasteiger charge is -2.14. The van der Waals surface area contributed by atoms with Crippen molar-refractivity contribution in [1.82, 2.24) is 0 Å². The Morgan fingerprint density at radius 3 is 2.25 bits per heavy atom. The number of hydrogen-bond acceptors (Lipinski definition) is 4. The smallest absolute Gasteiger partial charge is 0.268 e. The average Bonchev–Trinajstić information content (AvgIpc) is 2.78. The van der Waals surface area contributed by atoms with Crippen molar-refractivity contribution >= 4 is 52.0 Å². The summed E-state index contributed by atoms with van der Waals surface area (Å²) in [5, 5.41) is 11.1. The van der Waals surface area contributed by atoms with Crippen molar-refractivity contribution in [2.75, 3.05) is 4.90 Å². The molecule has 6 nitrogen and oxygen atoms in total. The van der Waals surface area contributed by atoms with Gasteiger partial charge >= 0.3 is 0 Å². The predicted molar refractivity (Wildman–Crippen MR) is 89.8 cm³/mol. The van der Waals surface area contributed by atoms with Crippen molar-refractivity contribution in [1.29, 1.82) is 0 Å². The quantitative estimate of drug-likeness (QED) is 0.472. The van der Waals surface area contributed by atoms with Crippen LogP contribution < -0.4 is 4.90 Å². The number of imide groups is 1. The number of non-ortho nitro benzene ring substituents is 1. The fraction of sp³-hybridized carbons (Fsp3) is 0. The van der Waals surface area contributed by atoms with Gasteiger partial charge in [0.25, 0.3) is 17.5 Å². The van der Waals surface area contributed by atoms with Gasteiger partial charge in [0, 0.05) is 17.2 Å². The number of rotatable bonds is 3. The molecule has 0 atom stereocenters. The molecule has 0 saturated heterocycles. The first-order chi connectivity index (χ1) is 11.4. The molecule has 8 heteroatoms. The minimum Gasteiger partial charge on any atom is -0.268 e. The van der Waals surface area contributed by atoms with E-state index >= 15 is 0 Å². The molecule has 0 aromatic heterocycles. The Hall–Kier alpha value is -2.70. The molecule has 0 radical (unpaired) electrons. The largest absolute Gasteiger partial charge is 0.277 e. The summed E-state index contributed by atoms with van der Waals surface area (Å²) in [4.78, 5) is 36.1. The van der Waals surface area contributed by atoms with Crippen LogP contribution in [0.4, 0.5) is 11.4 Å². The van der Waals surface area contributed by atoms with Crippen molar-refractivity contribution in [3.8, 4) is 0 Å². The fourth-order valence-corrected chi connectivity index (χ4v) is 2.75. The van der Waals surface area contributed by atoms with Gasteiger partial charge < -0.3 is 0 Å². The maximum Gasteiger partial charge on any atom is 0.277 e. The second-order valence-corrected chi connectivity index (χ2v) is 5.73. The Kier molecular flexibility index (Phi) is 4.09. The van der Waals surface area contributed by atoms with Crippen LogP contribution >= 0.6 is 23.2 Å². The predicted octanol–water partition coefficient (Wildman–Crippen LogP) is 3.77. The summed E-state index contributed by atoms with van der Waals surface area (Å²) in [6.45, 7) is 0. The highest BCUT2D eigenvalue weighted by Gasteiger charge is 2.39. The summed E-state index contributed by atoms with van der Waals surface area (Å²) in [5.74, 6) is -1.38. The van der Waals surface area contributed by atoms with E-state index in [9.17, 15) is 19.7 Å². The highest BCUT2D eigenvalue weighted by molar-refractivity contribution is 6.60. The summed E-state index contributed by atoms with van der Waals surface area (Å²) >= 11 is 11.9. The van der Waals surface area contributed by atoms with Crippen LogP contribution in [0, 0.1) is 10.1 Å².